The molecule has 4 aromatic rings. The summed E-state index contributed by atoms with van der Waals surface area (Å²) in [6, 6.07) is 17.6. The van der Waals surface area contributed by atoms with Gasteiger partial charge in [-0.2, -0.15) is 0 Å². The average molecular weight is 445 g/mol. The van der Waals surface area contributed by atoms with Crippen molar-refractivity contribution in [3.63, 3.8) is 0 Å². The van der Waals surface area contributed by atoms with Crippen molar-refractivity contribution in [3.05, 3.63) is 94.1 Å². The molecular formula is C25H16FNO6. The molecule has 6 rings (SSSR count). The predicted molar refractivity (Wildman–Crippen MR) is 116 cm³/mol. The fourth-order valence-corrected chi connectivity index (χ4v) is 4.28. The van der Waals surface area contributed by atoms with E-state index in [1.54, 1.807) is 42.5 Å². The van der Waals surface area contributed by atoms with Crippen molar-refractivity contribution < 1.29 is 27.8 Å². The number of benzene rings is 3. The molecule has 33 heavy (non-hydrogen) atoms. The Morgan fingerprint density at radius 3 is 2.61 bits per heavy atom. The Kier molecular flexibility index (Phi) is 4.33. The van der Waals surface area contributed by atoms with E-state index in [0.29, 0.717) is 39.5 Å². The van der Waals surface area contributed by atoms with Gasteiger partial charge in [-0.15, -0.1) is 0 Å². The van der Waals surface area contributed by atoms with Gasteiger partial charge in [-0.3, -0.25) is 4.79 Å². The summed E-state index contributed by atoms with van der Waals surface area (Å²) in [7, 11) is 0. The molecule has 3 aromatic carbocycles. The second-order valence-electron chi connectivity index (χ2n) is 7.75. The monoisotopic (exact) mass is 445 g/mol. The Hall–Kier alpha value is -4.33. The molecule has 0 saturated carbocycles. The normalized spacial score (nSPS) is 18.1. The number of nitrogens with one attached hydrogen (secondary N) is 1. The third kappa shape index (κ3) is 3.18. The number of hydrogen-bond acceptors (Lipinski definition) is 6. The van der Waals surface area contributed by atoms with Crippen LogP contribution in [0.4, 0.5) is 10.1 Å². The Labute approximate surface area is 186 Å². The number of fused-ring (bicyclic) bond motifs is 4. The van der Waals surface area contributed by atoms with Gasteiger partial charge in [0.2, 0.25) is 6.79 Å². The molecule has 7 nitrogen and oxygen atoms in total. The lowest BCUT2D eigenvalue weighted by Gasteiger charge is -2.19. The zero-order valence-corrected chi connectivity index (χ0v) is 17.0. The molecule has 0 saturated heterocycles. The lowest BCUT2D eigenvalue weighted by Crippen LogP contribution is -2.35. The molecule has 164 valence electrons. The molecule has 0 radical (unpaired) electrons. The van der Waals surface area contributed by atoms with Crippen LogP contribution in [0.5, 0.6) is 17.2 Å². The SMILES string of the molecule is O=C(Nc1ccc(F)cc1)[C@H]1Oc2c(c(=O)oc3ccccc23)[C@@H]1c1ccc2c(c1)OCO2. The van der Waals surface area contributed by atoms with Crippen LogP contribution >= 0.6 is 0 Å². The molecule has 0 aliphatic carbocycles. The number of amides is 1. The van der Waals surface area contributed by atoms with Gasteiger partial charge in [-0.25, -0.2) is 9.18 Å². The molecule has 2 aliphatic heterocycles. The highest BCUT2D eigenvalue weighted by Gasteiger charge is 2.44. The summed E-state index contributed by atoms with van der Waals surface area (Å²) in [5.41, 5.74) is 1.09. The molecule has 0 bridgehead atoms. The summed E-state index contributed by atoms with van der Waals surface area (Å²) in [5, 5.41) is 3.34. The first-order chi connectivity index (χ1) is 16.1. The van der Waals surface area contributed by atoms with Gasteiger partial charge in [-0.1, -0.05) is 18.2 Å². The number of carbonyl (C=O) groups excluding carboxylic acids is 1. The Morgan fingerprint density at radius 1 is 0.970 bits per heavy atom. The van der Waals surface area contributed by atoms with E-state index < -0.39 is 29.4 Å². The van der Waals surface area contributed by atoms with Gasteiger partial charge in [0.05, 0.1) is 16.9 Å². The maximum atomic E-state index is 13.3. The van der Waals surface area contributed by atoms with E-state index in [-0.39, 0.29) is 12.4 Å². The van der Waals surface area contributed by atoms with Crippen molar-refractivity contribution in [1.29, 1.82) is 0 Å². The number of halogens is 1. The first kappa shape index (κ1) is 19.4. The van der Waals surface area contributed by atoms with Crippen molar-refractivity contribution in [2.45, 2.75) is 12.0 Å². The second-order valence-corrected chi connectivity index (χ2v) is 7.75. The molecule has 1 amide bonds. The highest BCUT2D eigenvalue weighted by molar-refractivity contribution is 5.97. The van der Waals surface area contributed by atoms with E-state index in [2.05, 4.69) is 5.32 Å². The average Bonchev–Trinajstić information content (AvgIpc) is 3.45. The number of anilines is 1. The topological polar surface area (TPSA) is 87.0 Å². The third-order valence-electron chi connectivity index (χ3n) is 5.78. The molecule has 1 aromatic heterocycles. The van der Waals surface area contributed by atoms with Gasteiger partial charge in [0.1, 0.15) is 17.1 Å². The number of para-hydroxylation sites is 1. The van der Waals surface area contributed by atoms with E-state index in [0.717, 1.165) is 0 Å². The molecule has 2 aliphatic rings. The van der Waals surface area contributed by atoms with Crippen LogP contribution in [0.3, 0.4) is 0 Å². The maximum absolute atomic E-state index is 13.3. The molecular weight excluding hydrogens is 429 g/mol. The smallest absolute Gasteiger partial charge is 0.344 e. The summed E-state index contributed by atoms with van der Waals surface area (Å²) in [6.45, 7) is 0.0950. The third-order valence-corrected chi connectivity index (χ3v) is 5.78. The van der Waals surface area contributed by atoms with Crippen LogP contribution in [0.1, 0.15) is 17.0 Å². The van der Waals surface area contributed by atoms with Gasteiger partial charge >= 0.3 is 5.63 Å². The Bertz CT molecular complexity index is 1460. The molecule has 0 spiro atoms. The van der Waals surface area contributed by atoms with Gasteiger partial charge in [0.25, 0.3) is 5.91 Å². The van der Waals surface area contributed by atoms with E-state index in [1.165, 1.54) is 24.3 Å². The molecule has 0 fully saturated rings. The molecule has 1 N–H and O–H groups in total. The zero-order chi connectivity index (χ0) is 22.5. The van der Waals surface area contributed by atoms with Gasteiger partial charge < -0.3 is 23.9 Å². The van der Waals surface area contributed by atoms with Crippen LogP contribution < -0.4 is 25.2 Å². The number of hydrogen-bond donors (Lipinski definition) is 1. The Morgan fingerprint density at radius 2 is 1.76 bits per heavy atom. The van der Waals surface area contributed by atoms with Crippen molar-refractivity contribution in [2.75, 3.05) is 12.1 Å². The minimum Gasteiger partial charge on any atom is -0.478 e. The lowest BCUT2D eigenvalue weighted by atomic mass is 9.88. The van der Waals surface area contributed by atoms with Crippen LogP contribution in [0.15, 0.2) is 75.9 Å². The second kappa shape index (κ2) is 7.37. The van der Waals surface area contributed by atoms with Gasteiger partial charge in [0.15, 0.2) is 17.6 Å². The molecule has 3 heterocycles. The van der Waals surface area contributed by atoms with E-state index in [4.69, 9.17) is 18.6 Å². The number of ether oxygens (including phenoxy) is 3. The van der Waals surface area contributed by atoms with Crippen LogP contribution in [0.2, 0.25) is 0 Å². The summed E-state index contributed by atoms with van der Waals surface area (Å²) in [5.74, 6) is -0.247. The van der Waals surface area contributed by atoms with Crippen LogP contribution in [-0.4, -0.2) is 18.8 Å². The standard InChI is InChI=1S/C25H16FNO6/c26-14-6-8-15(9-7-14)27-24(28)23-20(13-5-10-18-19(11-13)31-12-30-18)21-22(33-23)16-3-1-2-4-17(16)32-25(21)29/h1-11,20,23H,12H2,(H,27,28)/t20-,23-/m0/s1. The highest BCUT2D eigenvalue weighted by Crippen LogP contribution is 2.46. The largest absolute Gasteiger partial charge is 0.478 e. The van der Waals surface area contributed by atoms with Crippen molar-refractivity contribution in [1.82, 2.24) is 0 Å². The van der Waals surface area contributed by atoms with Crippen molar-refractivity contribution >= 4 is 22.6 Å². The zero-order valence-electron chi connectivity index (χ0n) is 17.0. The van der Waals surface area contributed by atoms with Crippen molar-refractivity contribution in [2.24, 2.45) is 0 Å². The van der Waals surface area contributed by atoms with Crippen molar-refractivity contribution in [3.8, 4) is 17.2 Å². The minimum atomic E-state index is -1.07. The number of carbonyl (C=O) groups is 1. The quantitative estimate of drug-likeness (QED) is 0.476. The molecule has 2 atom stereocenters. The van der Waals surface area contributed by atoms with Crippen LogP contribution in [-0.2, 0) is 4.79 Å². The Balaban J connectivity index is 1.48. The first-order valence-electron chi connectivity index (χ1n) is 10.3. The first-order valence-corrected chi connectivity index (χ1v) is 10.3. The predicted octanol–water partition coefficient (Wildman–Crippen LogP) is 4.19. The summed E-state index contributed by atoms with van der Waals surface area (Å²) < 4.78 is 35.8. The van der Waals surface area contributed by atoms with E-state index in [9.17, 15) is 14.0 Å². The summed E-state index contributed by atoms with van der Waals surface area (Å²) in [6.07, 6.45) is -1.07. The lowest BCUT2D eigenvalue weighted by molar-refractivity contribution is -0.122. The molecule has 8 heteroatoms. The fraction of sp³-hybridized carbons (Fsp3) is 0.120. The van der Waals surface area contributed by atoms with E-state index in [1.807, 2.05) is 0 Å². The van der Waals surface area contributed by atoms with Gasteiger partial charge in [0, 0.05) is 5.69 Å². The van der Waals surface area contributed by atoms with Crippen LogP contribution in [0, 0.1) is 5.82 Å². The summed E-state index contributed by atoms with van der Waals surface area (Å²) in [4.78, 5) is 26.3. The van der Waals surface area contributed by atoms with Gasteiger partial charge in [-0.05, 0) is 54.1 Å². The van der Waals surface area contributed by atoms with E-state index >= 15 is 0 Å². The maximum Gasteiger partial charge on any atom is 0.344 e. The van der Waals surface area contributed by atoms with Crippen LogP contribution in [0.25, 0.3) is 11.0 Å². The summed E-state index contributed by atoms with van der Waals surface area (Å²) >= 11 is 0. The highest BCUT2D eigenvalue weighted by atomic mass is 19.1. The number of rotatable bonds is 3. The fourth-order valence-electron chi connectivity index (χ4n) is 4.28. The molecule has 0 unspecified atom stereocenters. The minimum absolute atomic E-state index is 0.0950.